The molecule has 3 aromatic rings. The molecular weight excluding hydrogens is 805 g/mol. The number of phenolic OH excluding ortho intramolecular Hbond substituents is 1. The molecular formula is C44H48N6O12. The molecule has 62 heavy (non-hydrogen) atoms. The third-order valence-corrected chi connectivity index (χ3v) is 11.7. The van der Waals surface area contributed by atoms with E-state index >= 15 is 0 Å². The first-order valence-corrected chi connectivity index (χ1v) is 19.8. The quantitative estimate of drug-likeness (QED) is 0.0451. The van der Waals surface area contributed by atoms with Crippen molar-refractivity contribution in [2.24, 2.45) is 22.4 Å². The zero-order valence-corrected chi connectivity index (χ0v) is 33.9. The van der Waals surface area contributed by atoms with Crippen molar-refractivity contribution < 1.29 is 58.9 Å². The van der Waals surface area contributed by atoms with Crippen LogP contribution in [0.1, 0.15) is 55.0 Å². The Labute approximate surface area is 355 Å². The zero-order valence-electron chi connectivity index (χ0n) is 33.9. The molecule has 6 unspecified atom stereocenters. The van der Waals surface area contributed by atoms with Gasteiger partial charge in [-0.25, -0.2) is 0 Å². The first kappa shape index (κ1) is 43.5. The van der Waals surface area contributed by atoms with E-state index in [1.807, 2.05) is 30.3 Å². The zero-order chi connectivity index (χ0) is 44.5. The molecule has 0 radical (unpaired) electrons. The number of allylic oxidation sites excluding steroid dienone is 1. The van der Waals surface area contributed by atoms with Gasteiger partial charge in [-0.2, -0.15) is 0 Å². The minimum atomic E-state index is -2.43. The number of aromatic hydroxyl groups is 1. The number of amides is 2. The Morgan fingerprint density at radius 3 is 2.42 bits per heavy atom. The Kier molecular flexibility index (Phi) is 12.5. The van der Waals surface area contributed by atoms with E-state index in [2.05, 4.69) is 15.6 Å². The van der Waals surface area contributed by atoms with E-state index in [0.717, 1.165) is 22.6 Å². The van der Waals surface area contributed by atoms with Gasteiger partial charge in [0.1, 0.15) is 41.2 Å². The van der Waals surface area contributed by atoms with E-state index in [-0.39, 0.29) is 65.2 Å². The molecule has 2 amide bonds. The number of nitrogens with zero attached hydrogens (tertiary/aromatic N) is 2. The second-order valence-electron chi connectivity index (χ2n) is 15.4. The second-order valence-corrected chi connectivity index (χ2v) is 15.4. The first-order chi connectivity index (χ1) is 29.7. The number of aryl methyl sites for hydroxylation is 2. The number of imide groups is 1. The molecule has 4 aliphatic rings. The average Bonchev–Trinajstić information content (AvgIpc) is 3.59. The molecule has 3 heterocycles. The fourth-order valence-corrected chi connectivity index (χ4v) is 8.31. The number of aliphatic imine (C=N–C) groups is 1. The van der Waals surface area contributed by atoms with Crippen LogP contribution in [-0.2, 0) is 33.7 Å². The lowest BCUT2D eigenvalue weighted by Gasteiger charge is -2.49. The standard InChI is InChI=1S/C44H48N6O12/c1-47-43(46)49-19-29-24(9-8-22-6-4-3-5-7-22)14-27-36(38(29)55)39(56)35-28(37(27)54)16-26(60-2)17-30(35)61-42-40(57)41(58)44(59,31(21-51)62-42)18-25(23-12-13-48-32(45)15-23)20-50-33(52)10-11-34(50)53/h3-7,10-12,14-17,25,31,40-42,48,51,55,57-59H,8-9,13,18-21,45H2,1-2H3,(H3,46,47,49). The van der Waals surface area contributed by atoms with E-state index in [1.54, 1.807) is 18.2 Å². The summed E-state index contributed by atoms with van der Waals surface area (Å²) in [6.45, 7) is -0.938. The van der Waals surface area contributed by atoms with Gasteiger partial charge in [-0.15, -0.1) is 0 Å². The Morgan fingerprint density at radius 2 is 1.76 bits per heavy atom. The summed E-state index contributed by atoms with van der Waals surface area (Å²) in [6.07, 6.45) is -1.74. The van der Waals surface area contributed by atoms with Gasteiger partial charge in [0.2, 0.25) is 12.1 Å². The smallest absolute Gasteiger partial charge is 0.253 e. The van der Waals surface area contributed by atoms with Crippen LogP contribution < -0.4 is 31.6 Å². The van der Waals surface area contributed by atoms with Crippen LogP contribution in [0.15, 0.2) is 89.2 Å². The van der Waals surface area contributed by atoms with Crippen molar-refractivity contribution >= 4 is 29.3 Å². The maximum atomic E-state index is 14.6. The predicted molar refractivity (Wildman–Crippen MR) is 222 cm³/mol. The van der Waals surface area contributed by atoms with E-state index in [9.17, 15) is 44.7 Å². The van der Waals surface area contributed by atoms with Crippen molar-refractivity contribution in [1.29, 1.82) is 0 Å². The number of phenols is 1. The van der Waals surface area contributed by atoms with Crippen molar-refractivity contribution in [2.45, 2.75) is 56.0 Å². The molecule has 18 heteroatoms. The lowest BCUT2D eigenvalue weighted by Crippen LogP contribution is -2.68. The number of hydrogen-bond donors (Lipinski definition) is 9. The summed E-state index contributed by atoms with van der Waals surface area (Å²) in [4.78, 5) is 59.0. The Balaban J connectivity index is 1.21. The van der Waals surface area contributed by atoms with Gasteiger partial charge >= 0.3 is 0 Å². The molecule has 0 aromatic heterocycles. The summed E-state index contributed by atoms with van der Waals surface area (Å²) >= 11 is 0. The molecule has 0 saturated carbocycles. The number of aliphatic hydroxyl groups is 4. The van der Waals surface area contributed by atoms with E-state index in [0.29, 0.717) is 29.5 Å². The molecule has 1 fully saturated rings. The number of methoxy groups -OCH3 is 1. The molecule has 18 nitrogen and oxygen atoms in total. The maximum Gasteiger partial charge on any atom is 0.253 e. The van der Waals surface area contributed by atoms with Crippen LogP contribution in [0.4, 0.5) is 0 Å². The fourth-order valence-electron chi connectivity index (χ4n) is 8.31. The number of aliphatic hydroxyl groups excluding tert-OH is 3. The van der Waals surface area contributed by atoms with Gasteiger partial charge in [-0.05, 0) is 54.2 Å². The number of guanidine groups is 1. The van der Waals surface area contributed by atoms with Crippen LogP contribution in [0, 0.1) is 5.92 Å². The molecule has 0 spiro atoms. The van der Waals surface area contributed by atoms with Gasteiger partial charge in [0.15, 0.2) is 11.7 Å². The summed E-state index contributed by atoms with van der Waals surface area (Å²) in [5.41, 5.74) is 11.1. The normalized spacial score (nSPS) is 23.9. The Bertz CT molecular complexity index is 2390. The molecule has 326 valence electrons. The molecule has 3 aliphatic heterocycles. The minimum Gasteiger partial charge on any atom is -0.507 e. The van der Waals surface area contributed by atoms with Gasteiger partial charge in [0, 0.05) is 67.5 Å². The largest absolute Gasteiger partial charge is 0.507 e. The van der Waals surface area contributed by atoms with E-state index in [4.69, 9.17) is 25.7 Å². The Hall–Kier alpha value is -6.57. The van der Waals surface area contributed by atoms with Crippen LogP contribution >= 0.6 is 0 Å². The number of ketones is 2. The number of carbonyl (C=O) groups is 4. The highest BCUT2D eigenvalue weighted by Gasteiger charge is 2.57. The number of dihydropyridines is 1. The number of carbonyl (C=O) groups excluding carboxylic acids is 4. The highest BCUT2D eigenvalue weighted by molar-refractivity contribution is 6.30. The van der Waals surface area contributed by atoms with Crippen molar-refractivity contribution in [3.8, 4) is 17.2 Å². The van der Waals surface area contributed by atoms with Crippen LogP contribution in [0.5, 0.6) is 17.2 Å². The summed E-state index contributed by atoms with van der Waals surface area (Å²) in [7, 11) is 2.80. The fraction of sp³-hybridized carbons (Fsp3) is 0.341. The van der Waals surface area contributed by atoms with Crippen molar-refractivity contribution in [3.05, 3.63) is 123 Å². The van der Waals surface area contributed by atoms with Crippen molar-refractivity contribution in [2.75, 3.05) is 33.9 Å². The predicted octanol–water partition coefficient (Wildman–Crippen LogP) is -0.195. The SMILES string of the molecule is CN=C(N)NCc1c(CCc2ccccc2)cc2c(c1O)C(=O)c1c(OC3OC(CO)C(O)(CC(CN4C(=O)C=CC4=O)C4=CCNC(N)=C4)C(O)C3O)cc(OC)cc1C2=O. The molecule has 11 N–H and O–H groups in total. The van der Waals surface area contributed by atoms with Crippen molar-refractivity contribution in [1.82, 2.24) is 15.5 Å². The monoisotopic (exact) mass is 852 g/mol. The van der Waals surface area contributed by atoms with Gasteiger partial charge < -0.3 is 61.8 Å². The number of benzene rings is 3. The molecule has 6 atom stereocenters. The molecule has 1 saturated heterocycles. The van der Waals surface area contributed by atoms with Crippen LogP contribution in [-0.4, -0.2) is 124 Å². The van der Waals surface area contributed by atoms with E-state index < -0.39 is 78.3 Å². The summed E-state index contributed by atoms with van der Waals surface area (Å²) in [5.74, 6) is -3.92. The average molecular weight is 853 g/mol. The minimum absolute atomic E-state index is 0.0433. The summed E-state index contributed by atoms with van der Waals surface area (Å²) in [5, 5.41) is 63.7. The van der Waals surface area contributed by atoms with E-state index in [1.165, 1.54) is 26.3 Å². The topological polar surface area (TPSA) is 289 Å². The van der Waals surface area contributed by atoms with Crippen molar-refractivity contribution in [3.63, 3.8) is 0 Å². The summed E-state index contributed by atoms with van der Waals surface area (Å²) in [6, 6.07) is 13.7. The molecule has 1 aliphatic carbocycles. The third kappa shape index (κ3) is 8.25. The number of nitrogens with two attached hydrogens (primary N) is 2. The van der Waals surface area contributed by atoms with Crippen LogP contribution in [0.3, 0.4) is 0 Å². The lowest BCUT2D eigenvalue weighted by atomic mass is 9.75. The number of nitrogens with one attached hydrogen (secondary N) is 2. The Morgan fingerprint density at radius 1 is 1.05 bits per heavy atom. The summed E-state index contributed by atoms with van der Waals surface area (Å²) < 4.78 is 17.5. The van der Waals surface area contributed by atoms with Crippen LogP contribution in [0.25, 0.3) is 0 Å². The first-order valence-electron chi connectivity index (χ1n) is 19.8. The van der Waals surface area contributed by atoms with Gasteiger partial charge in [-0.1, -0.05) is 36.4 Å². The highest BCUT2D eigenvalue weighted by Crippen LogP contribution is 2.44. The number of hydrogen-bond acceptors (Lipinski definition) is 15. The number of fused-ring (bicyclic) bond motifs is 2. The number of rotatable bonds is 14. The highest BCUT2D eigenvalue weighted by atomic mass is 16.7. The van der Waals surface area contributed by atoms with Gasteiger partial charge in [0.05, 0.1) is 30.7 Å². The number of ether oxygens (including phenoxy) is 3. The molecule has 3 aromatic carbocycles. The van der Waals surface area contributed by atoms with Gasteiger partial charge in [0.25, 0.3) is 11.8 Å². The lowest BCUT2D eigenvalue weighted by molar-refractivity contribution is -0.316. The van der Waals surface area contributed by atoms with Crippen LogP contribution in [0.2, 0.25) is 0 Å². The third-order valence-electron chi connectivity index (χ3n) is 11.7. The maximum absolute atomic E-state index is 14.6. The molecule has 7 rings (SSSR count). The molecule has 0 bridgehead atoms. The van der Waals surface area contributed by atoms with Gasteiger partial charge in [-0.3, -0.25) is 29.1 Å². The second kappa shape index (κ2) is 17.8.